The quantitative estimate of drug-likeness (QED) is 0.684. The van der Waals surface area contributed by atoms with E-state index >= 15 is 0 Å². The maximum Gasteiger partial charge on any atom is 0.418 e. The predicted molar refractivity (Wildman–Crippen MR) is 70.7 cm³/mol. The lowest BCUT2D eigenvalue weighted by atomic mass is 9.99. The lowest BCUT2D eigenvalue weighted by molar-refractivity contribution is -0.385. The van der Waals surface area contributed by atoms with Crippen molar-refractivity contribution in [3.05, 3.63) is 33.9 Å². The molecule has 1 atom stereocenters. The first-order chi connectivity index (χ1) is 10.2. The molecule has 0 spiro atoms. The molecule has 1 aromatic carbocycles. The van der Waals surface area contributed by atoms with E-state index in [1.54, 1.807) is 0 Å². The van der Waals surface area contributed by atoms with Gasteiger partial charge in [0.1, 0.15) is 6.04 Å². The predicted octanol–water partition coefficient (Wildman–Crippen LogP) is 3.06. The molecule has 0 radical (unpaired) electrons. The molecule has 2 rings (SSSR count). The van der Waals surface area contributed by atoms with E-state index in [1.165, 1.54) is 4.90 Å². The van der Waals surface area contributed by atoms with Gasteiger partial charge in [-0.15, -0.1) is 0 Å². The average molecular weight is 318 g/mol. The molecule has 0 aromatic heterocycles. The zero-order chi connectivity index (χ0) is 16.5. The third-order valence-electron chi connectivity index (χ3n) is 3.59. The Morgan fingerprint density at radius 3 is 2.59 bits per heavy atom. The molecule has 1 fully saturated rings. The highest BCUT2D eigenvalue weighted by Crippen LogP contribution is 2.40. The molecular weight excluding hydrogens is 305 g/mol. The van der Waals surface area contributed by atoms with Gasteiger partial charge >= 0.3 is 12.1 Å². The molecule has 0 amide bonds. The molecule has 1 unspecified atom stereocenters. The van der Waals surface area contributed by atoms with Gasteiger partial charge in [-0.1, -0.05) is 0 Å². The van der Waals surface area contributed by atoms with Crippen molar-refractivity contribution in [3.8, 4) is 0 Å². The van der Waals surface area contributed by atoms with Gasteiger partial charge in [0.25, 0.3) is 5.69 Å². The van der Waals surface area contributed by atoms with Crippen molar-refractivity contribution >= 4 is 17.3 Å². The van der Waals surface area contributed by atoms with Crippen LogP contribution in [0.1, 0.15) is 24.8 Å². The molecule has 6 nitrogen and oxygen atoms in total. The van der Waals surface area contributed by atoms with Crippen molar-refractivity contribution in [1.82, 2.24) is 0 Å². The normalized spacial score (nSPS) is 19.0. The number of non-ortho nitro benzene ring substituents is 1. The highest BCUT2D eigenvalue weighted by atomic mass is 19.4. The molecule has 1 N–H and O–H groups in total. The fraction of sp³-hybridized carbons (Fsp3) is 0.462. The van der Waals surface area contributed by atoms with Gasteiger partial charge in [-0.05, 0) is 25.3 Å². The first-order valence-electron chi connectivity index (χ1n) is 6.57. The summed E-state index contributed by atoms with van der Waals surface area (Å²) < 4.78 is 39.5. The number of benzene rings is 1. The van der Waals surface area contributed by atoms with Crippen molar-refractivity contribution in [2.45, 2.75) is 31.5 Å². The van der Waals surface area contributed by atoms with Crippen LogP contribution in [0.4, 0.5) is 24.5 Å². The molecule has 0 bridgehead atoms. The number of nitro groups is 1. The van der Waals surface area contributed by atoms with Gasteiger partial charge in [0.05, 0.1) is 16.2 Å². The maximum absolute atomic E-state index is 13.2. The lowest BCUT2D eigenvalue weighted by Crippen LogP contribution is -2.45. The number of hydrogen-bond acceptors (Lipinski definition) is 4. The van der Waals surface area contributed by atoms with Gasteiger partial charge in [-0.3, -0.25) is 10.1 Å². The summed E-state index contributed by atoms with van der Waals surface area (Å²) in [7, 11) is 0. The number of nitrogens with zero attached hydrogens (tertiary/aromatic N) is 2. The second-order valence-electron chi connectivity index (χ2n) is 5.00. The third-order valence-corrected chi connectivity index (χ3v) is 3.59. The maximum atomic E-state index is 13.2. The van der Waals surface area contributed by atoms with E-state index in [2.05, 4.69) is 0 Å². The Kier molecular flexibility index (Phi) is 4.25. The van der Waals surface area contributed by atoms with Crippen LogP contribution < -0.4 is 4.90 Å². The molecule has 120 valence electrons. The summed E-state index contributed by atoms with van der Waals surface area (Å²) in [6, 6.07) is 1.32. The van der Waals surface area contributed by atoms with Gasteiger partial charge in [0, 0.05) is 18.7 Å². The number of carboxylic acids is 1. The van der Waals surface area contributed by atoms with Gasteiger partial charge in [0.15, 0.2) is 0 Å². The SMILES string of the molecule is O=C(O)C1CCCCN1c1ccc([N+](=O)[O-])cc1C(F)(F)F. The minimum atomic E-state index is -4.80. The number of aliphatic carboxylic acids is 1. The van der Waals surface area contributed by atoms with Gasteiger partial charge < -0.3 is 10.0 Å². The van der Waals surface area contributed by atoms with Crippen molar-refractivity contribution in [2.24, 2.45) is 0 Å². The Morgan fingerprint density at radius 2 is 2.05 bits per heavy atom. The van der Waals surface area contributed by atoms with Crippen molar-refractivity contribution in [3.63, 3.8) is 0 Å². The molecular formula is C13H13F3N2O4. The van der Waals surface area contributed by atoms with Crippen LogP contribution in [0.2, 0.25) is 0 Å². The summed E-state index contributed by atoms with van der Waals surface area (Å²) in [5, 5.41) is 19.8. The number of rotatable bonds is 3. The van der Waals surface area contributed by atoms with Crippen LogP contribution in [0.3, 0.4) is 0 Å². The summed E-state index contributed by atoms with van der Waals surface area (Å²) in [6.45, 7) is 0.165. The van der Waals surface area contributed by atoms with Gasteiger partial charge in [0.2, 0.25) is 0 Å². The fourth-order valence-electron chi connectivity index (χ4n) is 2.59. The lowest BCUT2D eigenvalue weighted by Gasteiger charge is -2.36. The Morgan fingerprint density at radius 1 is 1.36 bits per heavy atom. The van der Waals surface area contributed by atoms with Crippen molar-refractivity contribution < 1.29 is 28.0 Å². The smallest absolute Gasteiger partial charge is 0.418 e. The second kappa shape index (κ2) is 5.82. The molecule has 1 aliphatic heterocycles. The first kappa shape index (κ1) is 16.1. The van der Waals surface area contributed by atoms with Crippen LogP contribution in [-0.2, 0) is 11.0 Å². The van der Waals surface area contributed by atoms with E-state index in [0.29, 0.717) is 18.9 Å². The summed E-state index contributed by atoms with van der Waals surface area (Å²) in [4.78, 5) is 22.2. The van der Waals surface area contributed by atoms with E-state index in [0.717, 1.165) is 12.1 Å². The summed E-state index contributed by atoms with van der Waals surface area (Å²) in [5.74, 6) is -1.20. The number of carbonyl (C=O) groups is 1. The highest BCUT2D eigenvalue weighted by molar-refractivity contribution is 5.79. The van der Waals surface area contributed by atoms with E-state index in [4.69, 9.17) is 0 Å². The average Bonchev–Trinajstić information content (AvgIpc) is 2.45. The van der Waals surface area contributed by atoms with Crippen molar-refractivity contribution in [2.75, 3.05) is 11.4 Å². The van der Waals surface area contributed by atoms with Gasteiger partial charge in [-0.2, -0.15) is 13.2 Å². The van der Waals surface area contributed by atoms with E-state index in [9.17, 15) is 33.2 Å². The van der Waals surface area contributed by atoms with Crippen LogP contribution in [0, 0.1) is 10.1 Å². The standard InChI is InChI=1S/C13H13F3N2O4/c14-13(15,16)9-7-8(18(21)22)4-5-10(9)17-6-2-1-3-11(17)12(19)20/h4-5,7,11H,1-3,6H2,(H,19,20). The summed E-state index contributed by atoms with van der Waals surface area (Å²) in [5.41, 5.74) is -2.19. The minimum absolute atomic E-state index is 0.165. The van der Waals surface area contributed by atoms with Crippen LogP contribution in [0.15, 0.2) is 18.2 Å². The molecule has 9 heteroatoms. The first-order valence-corrected chi connectivity index (χ1v) is 6.57. The molecule has 0 saturated carbocycles. The summed E-state index contributed by atoms with van der Waals surface area (Å²) in [6.07, 6.45) is -3.38. The van der Waals surface area contributed by atoms with E-state index < -0.39 is 34.4 Å². The highest BCUT2D eigenvalue weighted by Gasteiger charge is 2.39. The Hall–Kier alpha value is -2.32. The second-order valence-corrected chi connectivity index (χ2v) is 5.00. The number of carboxylic acid groups (broad SMARTS) is 1. The number of hydrogen-bond donors (Lipinski definition) is 1. The number of piperidine rings is 1. The molecule has 0 aliphatic carbocycles. The monoisotopic (exact) mass is 318 g/mol. The largest absolute Gasteiger partial charge is 0.480 e. The van der Waals surface area contributed by atoms with Crippen LogP contribution in [0.5, 0.6) is 0 Å². The fourth-order valence-corrected chi connectivity index (χ4v) is 2.59. The number of alkyl halides is 3. The minimum Gasteiger partial charge on any atom is -0.480 e. The Bertz CT molecular complexity index is 603. The number of nitro benzene ring substituents is 1. The Labute approximate surface area is 123 Å². The topological polar surface area (TPSA) is 83.7 Å². The molecule has 1 aromatic rings. The molecule has 22 heavy (non-hydrogen) atoms. The van der Waals surface area contributed by atoms with E-state index in [-0.39, 0.29) is 18.7 Å². The summed E-state index contributed by atoms with van der Waals surface area (Å²) >= 11 is 0. The number of anilines is 1. The molecule has 1 saturated heterocycles. The van der Waals surface area contributed by atoms with Crippen LogP contribution in [0.25, 0.3) is 0 Å². The van der Waals surface area contributed by atoms with Crippen LogP contribution >= 0.6 is 0 Å². The molecule has 1 heterocycles. The number of halogens is 3. The Balaban J connectivity index is 2.53. The van der Waals surface area contributed by atoms with Gasteiger partial charge in [-0.25, -0.2) is 4.79 Å². The third kappa shape index (κ3) is 3.12. The van der Waals surface area contributed by atoms with Crippen molar-refractivity contribution in [1.29, 1.82) is 0 Å². The molecule has 1 aliphatic rings. The van der Waals surface area contributed by atoms with E-state index in [1.807, 2.05) is 0 Å². The van der Waals surface area contributed by atoms with Crippen LogP contribution in [-0.4, -0.2) is 28.6 Å². The zero-order valence-corrected chi connectivity index (χ0v) is 11.3. The zero-order valence-electron chi connectivity index (χ0n) is 11.3.